The maximum absolute atomic E-state index is 12.6. The molecule has 1 spiro atoms. The smallest absolute Gasteiger partial charge is 0.223 e. The molecule has 1 atom stereocenters. The minimum absolute atomic E-state index is 0.00152. The summed E-state index contributed by atoms with van der Waals surface area (Å²) >= 11 is 0. The Kier molecular flexibility index (Phi) is 7.30. The van der Waals surface area contributed by atoms with E-state index in [4.69, 9.17) is 0 Å². The van der Waals surface area contributed by atoms with Crippen LogP contribution in [0.5, 0.6) is 0 Å². The van der Waals surface area contributed by atoms with E-state index in [-0.39, 0.29) is 30.2 Å². The number of sulfonamides is 1. The van der Waals surface area contributed by atoms with Crippen LogP contribution in [0.25, 0.3) is 0 Å². The van der Waals surface area contributed by atoms with Gasteiger partial charge in [-0.05, 0) is 31.6 Å². The molecule has 2 aliphatic heterocycles. The van der Waals surface area contributed by atoms with Crippen molar-refractivity contribution in [3.63, 3.8) is 0 Å². The molecule has 2 heterocycles. The van der Waals surface area contributed by atoms with Crippen molar-refractivity contribution in [2.75, 3.05) is 46.0 Å². The molecule has 8 heteroatoms. The van der Waals surface area contributed by atoms with Gasteiger partial charge in [0.25, 0.3) is 0 Å². The van der Waals surface area contributed by atoms with Crippen LogP contribution in [0.3, 0.4) is 0 Å². The Bertz CT molecular complexity index is 649. The minimum Gasteiger partial charge on any atom is -0.342 e. The summed E-state index contributed by atoms with van der Waals surface area (Å²) in [6.45, 7) is 7.48. The third kappa shape index (κ3) is 6.17. The van der Waals surface area contributed by atoms with Crippen molar-refractivity contribution in [1.29, 1.82) is 0 Å². The Balaban J connectivity index is 1.95. The Morgan fingerprint density at radius 3 is 2.59 bits per heavy atom. The lowest BCUT2D eigenvalue weighted by molar-refractivity contribution is -0.143. The van der Waals surface area contributed by atoms with Gasteiger partial charge in [-0.3, -0.25) is 9.59 Å². The molecule has 2 saturated heterocycles. The first-order valence-electron chi connectivity index (χ1n) is 9.99. The van der Waals surface area contributed by atoms with Gasteiger partial charge in [0.1, 0.15) is 0 Å². The van der Waals surface area contributed by atoms with Crippen molar-refractivity contribution in [1.82, 2.24) is 14.1 Å². The van der Waals surface area contributed by atoms with Crippen molar-refractivity contribution in [3.8, 4) is 0 Å². The zero-order chi connectivity index (χ0) is 20.2. The third-order valence-corrected chi connectivity index (χ3v) is 7.26. The van der Waals surface area contributed by atoms with E-state index >= 15 is 0 Å². The molecule has 0 N–H and O–H groups in total. The number of rotatable bonds is 7. The topological polar surface area (TPSA) is 78.0 Å². The zero-order valence-corrected chi connectivity index (χ0v) is 18.1. The van der Waals surface area contributed by atoms with Gasteiger partial charge in [-0.1, -0.05) is 13.8 Å². The summed E-state index contributed by atoms with van der Waals surface area (Å²) in [5.41, 5.74) is 0.00152. The molecule has 0 aromatic heterocycles. The second-order valence-corrected chi connectivity index (χ2v) is 10.8. The molecule has 0 unspecified atom stereocenters. The van der Waals surface area contributed by atoms with Crippen LogP contribution in [0.4, 0.5) is 0 Å². The third-order valence-electron chi connectivity index (χ3n) is 5.95. The van der Waals surface area contributed by atoms with Gasteiger partial charge in [0.05, 0.1) is 6.26 Å². The normalized spacial score (nSPS) is 24.3. The highest BCUT2D eigenvalue weighted by Crippen LogP contribution is 2.39. The molecule has 2 fully saturated rings. The fourth-order valence-corrected chi connectivity index (χ4v) is 4.47. The number of carbonyl (C=O) groups excluding carboxylic acids is 2. The first kappa shape index (κ1) is 22.1. The molecular formula is C19H35N3O4S. The van der Waals surface area contributed by atoms with Crippen molar-refractivity contribution in [2.45, 2.75) is 52.4 Å². The molecule has 0 aromatic rings. The van der Waals surface area contributed by atoms with Crippen LogP contribution in [0, 0.1) is 11.3 Å². The van der Waals surface area contributed by atoms with E-state index < -0.39 is 10.0 Å². The van der Waals surface area contributed by atoms with E-state index in [9.17, 15) is 18.0 Å². The summed E-state index contributed by atoms with van der Waals surface area (Å²) in [4.78, 5) is 28.8. The van der Waals surface area contributed by atoms with E-state index in [0.717, 1.165) is 51.6 Å². The highest BCUT2D eigenvalue weighted by molar-refractivity contribution is 7.88. The molecule has 156 valence electrons. The molecule has 2 rings (SSSR count). The van der Waals surface area contributed by atoms with E-state index in [1.165, 1.54) is 11.4 Å². The molecular weight excluding hydrogens is 366 g/mol. The number of hydrogen-bond acceptors (Lipinski definition) is 4. The number of likely N-dealkylation sites (tertiary alicyclic amines) is 2. The van der Waals surface area contributed by atoms with E-state index in [0.29, 0.717) is 18.9 Å². The second kappa shape index (κ2) is 8.90. The Morgan fingerprint density at radius 2 is 1.96 bits per heavy atom. The van der Waals surface area contributed by atoms with Gasteiger partial charge in [0, 0.05) is 58.0 Å². The first-order chi connectivity index (χ1) is 12.5. The van der Waals surface area contributed by atoms with Gasteiger partial charge in [-0.15, -0.1) is 0 Å². The predicted octanol–water partition coefficient (Wildman–Crippen LogP) is 1.55. The monoisotopic (exact) mass is 401 g/mol. The van der Waals surface area contributed by atoms with Crippen LogP contribution in [-0.2, 0) is 19.6 Å². The standard InChI is InChI=1S/C19H35N3O4S/c1-16(2)7-13-22-15-19(10-6-17(22)23)9-5-11-21(14-19)18(24)8-12-20(3)27(4,25)26/h16H,5-15H2,1-4H3/t19-/m0/s1. The van der Waals surface area contributed by atoms with Crippen molar-refractivity contribution < 1.29 is 18.0 Å². The lowest BCUT2D eigenvalue weighted by Gasteiger charge is -2.48. The van der Waals surface area contributed by atoms with E-state index in [1.54, 1.807) is 0 Å². The van der Waals surface area contributed by atoms with Gasteiger partial charge in [0.2, 0.25) is 21.8 Å². The fourth-order valence-electron chi connectivity index (χ4n) is 4.05. The van der Waals surface area contributed by atoms with E-state index in [1.807, 2.05) is 9.80 Å². The molecule has 7 nitrogen and oxygen atoms in total. The summed E-state index contributed by atoms with van der Waals surface area (Å²) in [5.74, 6) is 0.807. The summed E-state index contributed by atoms with van der Waals surface area (Å²) < 4.78 is 24.2. The van der Waals surface area contributed by atoms with Gasteiger partial charge in [-0.2, -0.15) is 0 Å². The average molecular weight is 402 g/mol. The fraction of sp³-hybridized carbons (Fsp3) is 0.895. The van der Waals surface area contributed by atoms with Crippen LogP contribution < -0.4 is 0 Å². The number of carbonyl (C=O) groups is 2. The van der Waals surface area contributed by atoms with Crippen molar-refractivity contribution in [3.05, 3.63) is 0 Å². The molecule has 0 radical (unpaired) electrons. The maximum Gasteiger partial charge on any atom is 0.223 e. The first-order valence-corrected chi connectivity index (χ1v) is 11.8. The van der Waals surface area contributed by atoms with Crippen LogP contribution in [0.2, 0.25) is 0 Å². The minimum atomic E-state index is -3.26. The average Bonchev–Trinajstić information content (AvgIpc) is 2.59. The zero-order valence-electron chi connectivity index (χ0n) is 17.2. The highest BCUT2D eigenvalue weighted by atomic mass is 32.2. The second-order valence-electron chi connectivity index (χ2n) is 8.75. The highest BCUT2D eigenvalue weighted by Gasteiger charge is 2.42. The van der Waals surface area contributed by atoms with Crippen LogP contribution >= 0.6 is 0 Å². The van der Waals surface area contributed by atoms with Crippen molar-refractivity contribution in [2.24, 2.45) is 11.3 Å². The molecule has 0 aliphatic carbocycles. The lowest BCUT2D eigenvalue weighted by atomic mass is 9.73. The van der Waals surface area contributed by atoms with Crippen molar-refractivity contribution >= 4 is 21.8 Å². The summed E-state index contributed by atoms with van der Waals surface area (Å²) in [7, 11) is -1.76. The SMILES string of the molecule is CC(C)CCN1C[C@@]2(CCCN(C(=O)CCN(C)S(C)(=O)=O)C2)CCC1=O. The summed E-state index contributed by atoms with van der Waals surface area (Å²) in [5, 5.41) is 0. The summed E-state index contributed by atoms with van der Waals surface area (Å²) in [6.07, 6.45) is 5.76. The van der Waals surface area contributed by atoms with Gasteiger partial charge in [-0.25, -0.2) is 12.7 Å². The molecule has 0 bridgehead atoms. The molecule has 0 saturated carbocycles. The van der Waals surface area contributed by atoms with Gasteiger partial charge < -0.3 is 9.80 Å². The van der Waals surface area contributed by atoms with Crippen LogP contribution in [0.15, 0.2) is 0 Å². The lowest BCUT2D eigenvalue weighted by Crippen LogP contribution is -2.55. The summed E-state index contributed by atoms with van der Waals surface area (Å²) in [6, 6.07) is 0. The number of piperidine rings is 2. The van der Waals surface area contributed by atoms with Gasteiger partial charge in [0.15, 0.2) is 0 Å². The number of hydrogen-bond donors (Lipinski definition) is 0. The Hall–Kier alpha value is -1.15. The number of amides is 2. The molecule has 0 aromatic carbocycles. The Morgan fingerprint density at radius 1 is 1.26 bits per heavy atom. The van der Waals surface area contributed by atoms with Crippen LogP contribution in [-0.4, -0.2) is 80.4 Å². The number of nitrogens with zero attached hydrogens (tertiary/aromatic N) is 3. The van der Waals surface area contributed by atoms with Crippen LogP contribution in [0.1, 0.15) is 52.4 Å². The molecule has 2 aliphatic rings. The quantitative estimate of drug-likeness (QED) is 0.648. The maximum atomic E-state index is 12.6. The Labute approximate surface area is 164 Å². The molecule has 2 amide bonds. The van der Waals surface area contributed by atoms with Gasteiger partial charge >= 0.3 is 0 Å². The molecule has 27 heavy (non-hydrogen) atoms. The predicted molar refractivity (Wildman–Crippen MR) is 106 cm³/mol. The van der Waals surface area contributed by atoms with E-state index in [2.05, 4.69) is 13.8 Å². The largest absolute Gasteiger partial charge is 0.342 e.